The summed E-state index contributed by atoms with van der Waals surface area (Å²) in [5.41, 5.74) is 5.18. The molecule has 1 aliphatic rings. The molecule has 2 aromatic carbocycles. The Kier molecular flexibility index (Phi) is 3.20. The van der Waals surface area contributed by atoms with E-state index in [0.29, 0.717) is 18.6 Å². The van der Waals surface area contributed by atoms with Crippen molar-refractivity contribution in [1.29, 1.82) is 0 Å². The van der Waals surface area contributed by atoms with E-state index in [0.717, 1.165) is 6.42 Å². The van der Waals surface area contributed by atoms with Crippen molar-refractivity contribution >= 4 is 5.78 Å². The van der Waals surface area contributed by atoms with Gasteiger partial charge in [-0.2, -0.15) is 0 Å². The molecule has 1 aliphatic carbocycles. The molecule has 3 rings (SSSR count). The van der Waals surface area contributed by atoms with Gasteiger partial charge >= 0.3 is 0 Å². The van der Waals surface area contributed by atoms with Crippen molar-refractivity contribution in [2.75, 3.05) is 0 Å². The molecule has 0 saturated heterocycles. The molecule has 1 heteroatoms. The van der Waals surface area contributed by atoms with Crippen LogP contribution in [0.4, 0.5) is 0 Å². The molecule has 0 fully saturated rings. The highest BCUT2D eigenvalue weighted by Crippen LogP contribution is 2.34. The molecule has 1 unspecified atom stereocenters. The number of hydrogen-bond donors (Lipinski definition) is 0. The number of rotatable bonds is 1. The Hall–Kier alpha value is -1.89. The number of hydrogen-bond acceptors (Lipinski definition) is 1. The molecule has 0 radical (unpaired) electrons. The zero-order chi connectivity index (χ0) is 13.2. The van der Waals surface area contributed by atoms with Crippen LogP contribution < -0.4 is 0 Å². The van der Waals surface area contributed by atoms with Crippen LogP contribution in [0.2, 0.25) is 0 Å². The number of ketones is 1. The molecular formula is C18H18O. The largest absolute Gasteiger partial charge is 0.300 e. The average Bonchev–Trinajstić information content (AvgIpc) is 2.60. The maximum atomic E-state index is 12.0. The normalized spacial score (nSPS) is 18.8. The number of carbonyl (C=O) groups is 1. The van der Waals surface area contributed by atoms with Gasteiger partial charge in [-0.1, -0.05) is 54.1 Å². The zero-order valence-corrected chi connectivity index (χ0v) is 11.2. The minimum atomic E-state index is 0.229. The molecule has 19 heavy (non-hydrogen) atoms. The number of benzene rings is 2. The van der Waals surface area contributed by atoms with Crippen LogP contribution in [0.25, 0.3) is 0 Å². The van der Waals surface area contributed by atoms with Crippen molar-refractivity contribution in [3.8, 4) is 0 Å². The second-order valence-electron chi connectivity index (χ2n) is 5.40. The van der Waals surface area contributed by atoms with Crippen LogP contribution in [0.15, 0.2) is 48.5 Å². The maximum absolute atomic E-state index is 12.0. The van der Waals surface area contributed by atoms with E-state index in [1.165, 1.54) is 22.3 Å². The minimum absolute atomic E-state index is 0.229. The van der Waals surface area contributed by atoms with Crippen molar-refractivity contribution in [2.24, 2.45) is 0 Å². The topological polar surface area (TPSA) is 17.1 Å². The molecule has 0 aliphatic heterocycles. The van der Waals surface area contributed by atoms with Crippen LogP contribution in [0, 0.1) is 6.92 Å². The fourth-order valence-electron chi connectivity index (χ4n) is 2.91. The highest BCUT2D eigenvalue weighted by atomic mass is 16.1. The van der Waals surface area contributed by atoms with Gasteiger partial charge in [-0.25, -0.2) is 0 Å². The lowest BCUT2D eigenvalue weighted by Crippen LogP contribution is -2.06. The second kappa shape index (κ2) is 5.00. The number of carbonyl (C=O) groups excluding carboxylic acids is 1. The van der Waals surface area contributed by atoms with E-state index in [1.54, 1.807) is 0 Å². The van der Waals surface area contributed by atoms with E-state index in [9.17, 15) is 4.79 Å². The summed E-state index contributed by atoms with van der Waals surface area (Å²) in [6.07, 6.45) is 2.21. The number of aryl methyl sites for hydroxylation is 2. The van der Waals surface area contributed by atoms with E-state index in [-0.39, 0.29) is 5.92 Å². The second-order valence-corrected chi connectivity index (χ2v) is 5.40. The predicted octanol–water partition coefficient (Wildman–Crippen LogP) is 4.03. The molecule has 1 nitrogen and oxygen atoms in total. The van der Waals surface area contributed by atoms with Crippen molar-refractivity contribution in [3.63, 3.8) is 0 Å². The first kappa shape index (κ1) is 12.2. The fourth-order valence-corrected chi connectivity index (χ4v) is 2.91. The fraction of sp³-hybridized carbons (Fsp3) is 0.278. The van der Waals surface area contributed by atoms with Gasteiger partial charge in [0.2, 0.25) is 0 Å². The molecule has 0 bridgehead atoms. The van der Waals surface area contributed by atoms with Crippen LogP contribution in [-0.2, 0) is 11.2 Å². The Morgan fingerprint density at radius 2 is 1.68 bits per heavy atom. The lowest BCUT2D eigenvalue weighted by atomic mass is 9.86. The summed E-state index contributed by atoms with van der Waals surface area (Å²) in [7, 11) is 0. The molecule has 2 aromatic rings. The Morgan fingerprint density at radius 3 is 2.47 bits per heavy atom. The van der Waals surface area contributed by atoms with Crippen LogP contribution in [0.3, 0.4) is 0 Å². The lowest BCUT2D eigenvalue weighted by Gasteiger charge is -2.17. The third-order valence-corrected chi connectivity index (χ3v) is 4.02. The molecule has 0 spiro atoms. The summed E-state index contributed by atoms with van der Waals surface area (Å²) in [4.78, 5) is 12.0. The summed E-state index contributed by atoms with van der Waals surface area (Å²) in [6.45, 7) is 2.09. The Balaban J connectivity index is 2.07. The Bertz CT molecular complexity index is 595. The van der Waals surface area contributed by atoms with Crippen LogP contribution in [-0.4, -0.2) is 5.78 Å². The van der Waals surface area contributed by atoms with Crippen LogP contribution in [0.5, 0.6) is 0 Å². The minimum Gasteiger partial charge on any atom is -0.300 e. The van der Waals surface area contributed by atoms with Crippen molar-refractivity contribution in [2.45, 2.75) is 32.1 Å². The first-order valence-electron chi connectivity index (χ1n) is 6.90. The summed E-state index contributed by atoms with van der Waals surface area (Å²) < 4.78 is 0. The molecule has 1 atom stereocenters. The predicted molar refractivity (Wildman–Crippen MR) is 77.4 cm³/mol. The van der Waals surface area contributed by atoms with Crippen molar-refractivity contribution in [3.05, 3.63) is 70.8 Å². The van der Waals surface area contributed by atoms with Crippen molar-refractivity contribution in [1.82, 2.24) is 0 Å². The molecule has 96 valence electrons. The van der Waals surface area contributed by atoms with Gasteiger partial charge in [0, 0.05) is 18.8 Å². The Morgan fingerprint density at radius 1 is 0.947 bits per heavy atom. The zero-order valence-electron chi connectivity index (χ0n) is 11.2. The van der Waals surface area contributed by atoms with Gasteiger partial charge in [0.05, 0.1) is 0 Å². The number of Topliss-reactive ketones (excluding diaryl/α,β-unsaturated/α-hetero) is 1. The summed E-state index contributed by atoms with van der Waals surface area (Å²) in [5.74, 6) is 0.605. The SMILES string of the molecule is Cc1ccc(C2CC(=O)CCc3ccccc32)cc1. The molecule has 0 aromatic heterocycles. The van der Waals surface area contributed by atoms with Crippen LogP contribution >= 0.6 is 0 Å². The quantitative estimate of drug-likeness (QED) is 0.698. The Labute approximate surface area is 114 Å². The van der Waals surface area contributed by atoms with E-state index in [4.69, 9.17) is 0 Å². The van der Waals surface area contributed by atoms with Gasteiger partial charge in [0.1, 0.15) is 5.78 Å². The van der Waals surface area contributed by atoms with E-state index in [1.807, 2.05) is 0 Å². The van der Waals surface area contributed by atoms with Crippen molar-refractivity contribution < 1.29 is 4.79 Å². The summed E-state index contributed by atoms with van der Waals surface area (Å²) in [5, 5.41) is 0. The van der Waals surface area contributed by atoms with Gasteiger partial charge in [0.25, 0.3) is 0 Å². The molecule has 0 saturated carbocycles. The van der Waals surface area contributed by atoms with Gasteiger partial charge in [0.15, 0.2) is 0 Å². The van der Waals surface area contributed by atoms with Gasteiger partial charge in [-0.15, -0.1) is 0 Å². The highest BCUT2D eigenvalue weighted by molar-refractivity contribution is 5.81. The first-order valence-corrected chi connectivity index (χ1v) is 6.90. The third kappa shape index (κ3) is 2.46. The van der Waals surface area contributed by atoms with E-state index >= 15 is 0 Å². The smallest absolute Gasteiger partial charge is 0.134 e. The average molecular weight is 250 g/mol. The number of fused-ring (bicyclic) bond motifs is 1. The third-order valence-electron chi connectivity index (χ3n) is 4.02. The highest BCUT2D eigenvalue weighted by Gasteiger charge is 2.23. The lowest BCUT2D eigenvalue weighted by molar-refractivity contribution is -0.119. The van der Waals surface area contributed by atoms with E-state index in [2.05, 4.69) is 55.5 Å². The van der Waals surface area contributed by atoms with Gasteiger partial charge in [-0.3, -0.25) is 4.79 Å². The summed E-state index contributed by atoms with van der Waals surface area (Å²) >= 11 is 0. The first-order chi connectivity index (χ1) is 9.24. The molecule has 0 heterocycles. The van der Waals surface area contributed by atoms with Crippen LogP contribution in [0.1, 0.15) is 41.0 Å². The molecule has 0 amide bonds. The maximum Gasteiger partial charge on any atom is 0.134 e. The monoisotopic (exact) mass is 250 g/mol. The van der Waals surface area contributed by atoms with E-state index < -0.39 is 0 Å². The van der Waals surface area contributed by atoms with Gasteiger partial charge in [-0.05, 0) is 30.0 Å². The molecular weight excluding hydrogens is 232 g/mol. The summed E-state index contributed by atoms with van der Waals surface area (Å²) in [6, 6.07) is 17.1. The van der Waals surface area contributed by atoms with Gasteiger partial charge < -0.3 is 0 Å². The molecule has 0 N–H and O–H groups in total. The standard InChI is InChI=1S/C18H18O/c1-13-6-8-15(9-7-13)18-12-16(19)11-10-14-4-2-3-5-17(14)18/h2-9,18H,10-12H2,1H3.